The van der Waals surface area contributed by atoms with Crippen molar-refractivity contribution in [2.45, 2.75) is 39.2 Å². The van der Waals surface area contributed by atoms with Crippen LogP contribution in [0.2, 0.25) is 0 Å². The van der Waals surface area contributed by atoms with E-state index in [4.69, 9.17) is 9.47 Å². The summed E-state index contributed by atoms with van der Waals surface area (Å²) in [6.45, 7) is 6.14. The van der Waals surface area contributed by atoms with Crippen LogP contribution in [0.25, 0.3) is 0 Å². The van der Waals surface area contributed by atoms with Gasteiger partial charge in [0.25, 0.3) is 0 Å². The van der Waals surface area contributed by atoms with E-state index in [1.807, 2.05) is 24.3 Å². The van der Waals surface area contributed by atoms with Gasteiger partial charge in [-0.05, 0) is 31.5 Å². The Morgan fingerprint density at radius 1 is 1.17 bits per heavy atom. The van der Waals surface area contributed by atoms with Crippen molar-refractivity contribution in [3.05, 3.63) is 24.3 Å². The predicted octanol–water partition coefficient (Wildman–Crippen LogP) is 3.24. The molecule has 0 bridgehead atoms. The first-order valence-electron chi connectivity index (χ1n) is 6.80. The smallest absolute Gasteiger partial charge is 0.123 e. The monoisotopic (exact) mass is 251 g/mol. The fourth-order valence-electron chi connectivity index (χ4n) is 1.83. The molecule has 0 amide bonds. The maximum absolute atomic E-state index is 5.82. The highest BCUT2D eigenvalue weighted by Crippen LogP contribution is 2.19. The fourth-order valence-corrected chi connectivity index (χ4v) is 1.83. The second kappa shape index (κ2) is 8.81. The molecule has 0 spiro atoms. The van der Waals surface area contributed by atoms with E-state index in [0.717, 1.165) is 30.9 Å². The number of nitrogens with one attached hydrogen (secondary N) is 1. The summed E-state index contributed by atoms with van der Waals surface area (Å²) in [4.78, 5) is 0. The van der Waals surface area contributed by atoms with Gasteiger partial charge in [0.1, 0.15) is 18.1 Å². The van der Waals surface area contributed by atoms with Gasteiger partial charge in [-0.15, -0.1) is 0 Å². The van der Waals surface area contributed by atoms with Crippen LogP contribution < -0.4 is 14.8 Å². The molecule has 1 aromatic carbocycles. The summed E-state index contributed by atoms with van der Waals surface area (Å²) in [5, 5.41) is 3.51. The summed E-state index contributed by atoms with van der Waals surface area (Å²) < 4.78 is 11.0. The Kier molecular flexibility index (Phi) is 7.26. The van der Waals surface area contributed by atoms with Crippen molar-refractivity contribution in [3.63, 3.8) is 0 Å². The quantitative estimate of drug-likeness (QED) is 0.731. The van der Waals surface area contributed by atoms with E-state index in [-0.39, 0.29) is 0 Å². The third-order valence-electron chi connectivity index (χ3n) is 2.81. The normalized spacial score (nSPS) is 12.2. The van der Waals surface area contributed by atoms with Crippen LogP contribution in [0.4, 0.5) is 0 Å². The van der Waals surface area contributed by atoms with Gasteiger partial charge in [-0.25, -0.2) is 0 Å². The van der Waals surface area contributed by atoms with Crippen LogP contribution in [0.5, 0.6) is 11.5 Å². The number of rotatable bonds is 9. The van der Waals surface area contributed by atoms with Crippen molar-refractivity contribution in [3.8, 4) is 11.5 Å². The van der Waals surface area contributed by atoms with Gasteiger partial charge in [0, 0.05) is 12.1 Å². The Morgan fingerprint density at radius 3 is 2.61 bits per heavy atom. The molecule has 18 heavy (non-hydrogen) atoms. The lowest BCUT2D eigenvalue weighted by Gasteiger charge is -2.18. The van der Waals surface area contributed by atoms with Crippen LogP contribution in [0.3, 0.4) is 0 Å². The van der Waals surface area contributed by atoms with Gasteiger partial charge in [0.15, 0.2) is 0 Å². The highest BCUT2D eigenvalue weighted by molar-refractivity contribution is 5.32. The summed E-state index contributed by atoms with van der Waals surface area (Å²) in [6.07, 6.45) is 3.46. The van der Waals surface area contributed by atoms with Crippen LogP contribution in [0.15, 0.2) is 24.3 Å². The van der Waals surface area contributed by atoms with Gasteiger partial charge in [0.2, 0.25) is 0 Å². The SMILES string of the molecule is CCCNC(CCC)COc1cccc(OC)c1. The third kappa shape index (κ3) is 5.41. The first kappa shape index (κ1) is 14.8. The molecule has 102 valence electrons. The molecule has 1 N–H and O–H groups in total. The van der Waals surface area contributed by atoms with Crippen molar-refractivity contribution < 1.29 is 9.47 Å². The molecule has 1 rings (SSSR count). The van der Waals surface area contributed by atoms with Gasteiger partial charge in [0.05, 0.1) is 7.11 Å². The summed E-state index contributed by atoms with van der Waals surface area (Å²) in [5.41, 5.74) is 0. The molecule has 0 radical (unpaired) electrons. The van der Waals surface area contributed by atoms with Gasteiger partial charge < -0.3 is 14.8 Å². The molecule has 0 saturated carbocycles. The third-order valence-corrected chi connectivity index (χ3v) is 2.81. The number of ether oxygens (including phenoxy) is 2. The van der Waals surface area contributed by atoms with Crippen LogP contribution in [0.1, 0.15) is 33.1 Å². The van der Waals surface area contributed by atoms with Gasteiger partial charge in [-0.3, -0.25) is 0 Å². The highest BCUT2D eigenvalue weighted by Gasteiger charge is 2.07. The second-order valence-corrected chi connectivity index (χ2v) is 4.43. The molecular weight excluding hydrogens is 226 g/mol. The summed E-state index contributed by atoms with van der Waals surface area (Å²) >= 11 is 0. The predicted molar refractivity (Wildman–Crippen MR) is 75.5 cm³/mol. The molecule has 0 aliphatic rings. The first-order chi connectivity index (χ1) is 8.80. The molecule has 1 unspecified atom stereocenters. The van der Waals surface area contributed by atoms with E-state index < -0.39 is 0 Å². The molecule has 0 fully saturated rings. The van der Waals surface area contributed by atoms with E-state index in [9.17, 15) is 0 Å². The fraction of sp³-hybridized carbons (Fsp3) is 0.600. The number of hydrogen-bond acceptors (Lipinski definition) is 3. The topological polar surface area (TPSA) is 30.5 Å². The van der Waals surface area contributed by atoms with Crippen LogP contribution in [0, 0.1) is 0 Å². The number of methoxy groups -OCH3 is 1. The largest absolute Gasteiger partial charge is 0.497 e. The average Bonchev–Trinajstić information content (AvgIpc) is 2.42. The second-order valence-electron chi connectivity index (χ2n) is 4.43. The average molecular weight is 251 g/mol. The zero-order valence-electron chi connectivity index (χ0n) is 11.7. The summed E-state index contributed by atoms with van der Waals surface area (Å²) in [5.74, 6) is 1.70. The molecule has 0 aromatic heterocycles. The van der Waals surface area contributed by atoms with E-state index in [2.05, 4.69) is 19.2 Å². The highest BCUT2D eigenvalue weighted by atomic mass is 16.5. The minimum absolute atomic E-state index is 0.432. The van der Waals surface area contributed by atoms with E-state index in [1.165, 1.54) is 6.42 Å². The Morgan fingerprint density at radius 2 is 1.94 bits per heavy atom. The lowest BCUT2D eigenvalue weighted by molar-refractivity contribution is 0.255. The van der Waals surface area contributed by atoms with Gasteiger partial charge >= 0.3 is 0 Å². The number of hydrogen-bond donors (Lipinski definition) is 1. The van der Waals surface area contributed by atoms with Crippen LogP contribution in [-0.4, -0.2) is 26.3 Å². The Bertz CT molecular complexity index is 328. The lowest BCUT2D eigenvalue weighted by Crippen LogP contribution is -2.35. The van der Waals surface area contributed by atoms with Crippen molar-refractivity contribution in [1.82, 2.24) is 5.32 Å². The molecule has 0 aliphatic carbocycles. The van der Waals surface area contributed by atoms with E-state index in [0.29, 0.717) is 12.6 Å². The van der Waals surface area contributed by atoms with Crippen molar-refractivity contribution in [1.29, 1.82) is 0 Å². The van der Waals surface area contributed by atoms with E-state index >= 15 is 0 Å². The standard InChI is InChI=1S/C15H25NO2/c1-4-7-13(16-10-5-2)12-18-15-9-6-8-14(11-15)17-3/h6,8-9,11,13,16H,4-5,7,10,12H2,1-3H3. The first-order valence-corrected chi connectivity index (χ1v) is 6.80. The Balaban J connectivity index is 2.44. The van der Waals surface area contributed by atoms with Crippen molar-refractivity contribution in [2.75, 3.05) is 20.3 Å². The summed E-state index contributed by atoms with van der Waals surface area (Å²) in [7, 11) is 1.67. The Labute approximate surface area is 110 Å². The van der Waals surface area contributed by atoms with Gasteiger partial charge in [-0.1, -0.05) is 26.3 Å². The molecule has 1 atom stereocenters. The van der Waals surface area contributed by atoms with Crippen molar-refractivity contribution >= 4 is 0 Å². The maximum Gasteiger partial charge on any atom is 0.123 e. The molecule has 0 heterocycles. The zero-order valence-corrected chi connectivity index (χ0v) is 11.7. The lowest BCUT2D eigenvalue weighted by atomic mass is 10.2. The van der Waals surface area contributed by atoms with Gasteiger partial charge in [-0.2, -0.15) is 0 Å². The van der Waals surface area contributed by atoms with E-state index in [1.54, 1.807) is 7.11 Å². The molecule has 3 nitrogen and oxygen atoms in total. The molecule has 1 aromatic rings. The molecular formula is C15H25NO2. The molecule has 3 heteroatoms. The summed E-state index contributed by atoms with van der Waals surface area (Å²) in [6, 6.07) is 8.18. The van der Waals surface area contributed by atoms with Crippen molar-refractivity contribution in [2.24, 2.45) is 0 Å². The van der Waals surface area contributed by atoms with Crippen LogP contribution >= 0.6 is 0 Å². The number of benzene rings is 1. The Hall–Kier alpha value is -1.22. The zero-order chi connectivity index (χ0) is 13.2. The molecule has 0 saturated heterocycles. The maximum atomic E-state index is 5.82. The minimum atomic E-state index is 0.432. The van der Waals surface area contributed by atoms with Crippen LogP contribution in [-0.2, 0) is 0 Å². The minimum Gasteiger partial charge on any atom is -0.497 e. The molecule has 0 aliphatic heterocycles.